The van der Waals surface area contributed by atoms with Crippen molar-refractivity contribution in [2.45, 2.75) is 63.3 Å². The second-order valence-electron chi connectivity index (χ2n) is 6.26. The number of rotatable bonds is 7. The third-order valence-electron chi connectivity index (χ3n) is 4.39. The molecule has 1 N–H and O–H groups in total. The Morgan fingerprint density at radius 3 is 2.12 bits per heavy atom. The Balaban J connectivity index is 2.84. The van der Waals surface area contributed by atoms with Crippen LogP contribution in [0.4, 0.5) is 26.3 Å². The molecule has 1 rings (SSSR count). The Bertz CT molecular complexity index is 513. The van der Waals surface area contributed by atoms with Crippen molar-refractivity contribution in [3.05, 3.63) is 12.2 Å². The lowest BCUT2D eigenvalue weighted by atomic mass is 10.0. The molecule has 0 bridgehead atoms. The van der Waals surface area contributed by atoms with E-state index in [1.54, 1.807) is 0 Å². The van der Waals surface area contributed by atoms with E-state index < -0.39 is 48.2 Å². The molecule has 0 saturated heterocycles. The molecule has 4 nitrogen and oxygen atoms in total. The van der Waals surface area contributed by atoms with Gasteiger partial charge in [0.25, 0.3) is 5.60 Å². The quantitative estimate of drug-likeness (QED) is 0.418. The van der Waals surface area contributed by atoms with Crippen molar-refractivity contribution in [1.82, 2.24) is 0 Å². The molecule has 3 unspecified atom stereocenters. The molecule has 1 aliphatic carbocycles. The minimum Gasteiger partial charge on any atom is -0.459 e. The maximum atomic E-state index is 12.7. The second kappa shape index (κ2) is 6.79. The second-order valence-corrected chi connectivity index (χ2v) is 6.26. The van der Waals surface area contributed by atoms with Crippen molar-refractivity contribution < 1.29 is 45.7 Å². The number of hydrogen-bond donors (Lipinski definition) is 1. The molecular weight excluding hydrogens is 358 g/mol. The van der Waals surface area contributed by atoms with E-state index in [-0.39, 0.29) is 18.4 Å². The van der Waals surface area contributed by atoms with Crippen LogP contribution in [0, 0.1) is 5.92 Å². The highest BCUT2D eigenvalue weighted by atomic mass is 19.4. The van der Waals surface area contributed by atoms with Crippen LogP contribution in [0.2, 0.25) is 0 Å². The zero-order valence-electron chi connectivity index (χ0n) is 13.9. The summed E-state index contributed by atoms with van der Waals surface area (Å²) < 4.78 is 86.0. The molecule has 0 radical (unpaired) electrons. The van der Waals surface area contributed by atoms with Crippen LogP contribution >= 0.6 is 0 Å². The molecule has 0 aliphatic heterocycles. The van der Waals surface area contributed by atoms with Crippen LogP contribution in [0.5, 0.6) is 0 Å². The van der Waals surface area contributed by atoms with Gasteiger partial charge in [-0.25, -0.2) is 4.79 Å². The van der Waals surface area contributed by atoms with Gasteiger partial charge in [0.05, 0.1) is 12.2 Å². The Hall–Kier alpha value is -1.29. The van der Waals surface area contributed by atoms with Crippen LogP contribution in [0.1, 0.15) is 33.6 Å². The standard InChI is InChI=1S/C15H20F6O4/c1-5-12(6-10(12)9(4)25-11(22)8(2)3)24-7-13(23,14(16,17)18)15(19,20)21/h9-10,23H,2,5-7H2,1,3-4H3. The summed E-state index contributed by atoms with van der Waals surface area (Å²) in [6.45, 7) is 5.78. The first kappa shape index (κ1) is 21.8. The molecule has 0 spiro atoms. The summed E-state index contributed by atoms with van der Waals surface area (Å²) >= 11 is 0. The van der Waals surface area contributed by atoms with Gasteiger partial charge in [0.15, 0.2) is 0 Å². The zero-order chi connectivity index (χ0) is 19.8. The molecular formula is C15H20F6O4. The number of halogens is 6. The topological polar surface area (TPSA) is 55.8 Å². The van der Waals surface area contributed by atoms with Gasteiger partial charge in [-0.2, -0.15) is 26.3 Å². The van der Waals surface area contributed by atoms with Gasteiger partial charge in [0.1, 0.15) is 6.10 Å². The fraction of sp³-hybridized carbons (Fsp3) is 0.800. The smallest absolute Gasteiger partial charge is 0.428 e. The monoisotopic (exact) mass is 378 g/mol. The first-order valence-corrected chi connectivity index (χ1v) is 7.47. The lowest BCUT2D eigenvalue weighted by molar-refractivity contribution is -0.381. The van der Waals surface area contributed by atoms with Crippen molar-refractivity contribution in [2.24, 2.45) is 5.92 Å². The van der Waals surface area contributed by atoms with Crippen molar-refractivity contribution in [3.8, 4) is 0 Å². The van der Waals surface area contributed by atoms with E-state index in [1.165, 1.54) is 20.8 Å². The highest BCUT2D eigenvalue weighted by Gasteiger charge is 2.72. The average molecular weight is 378 g/mol. The third kappa shape index (κ3) is 4.28. The van der Waals surface area contributed by atoms with E-state index in [0.29, 0.717) is 0 Å². The van der Waals surface area contributed by atoms with Gasteiger partial charge in [-0.05, 0) is 26.7 Å². The molecule has 1 saturated carbocycles. The predicted octanol–water partition coefficient (Wildman–Crippen LogP) is 3.54. The summed E-state index contributed by atoms with van der Waals surface area (Å²) in [6, 6.07) is 0. The number of ether oxygens (including phenoxy) is 2. The van der Waals surface area contributed by atoms with E-state index >= 15 is 0 Å². The van der Waals surface area contributed by atoms with E-state index in [4.69, 9.17) is 14.6 Å². The van der Waals surface area contributed by atoms with Gasteiger partial charge in [0.2, 0.25) is 0 Å². The van der Waals surface area contributed by atoms with Crippen LogP contribution in [-0.4, -0.2) is 47.3 Å². The number of esters is 1. The van der Waals surface area contributed by atoms with Crippen molar-refractivity contribution in [2.75, 3.05) is 6.61 Å². The van der Waals surface area contributed by atoms with E-state index in [1.807, 2.05) is 0 Å². The first-order valence-electron chi connectivity index (χ1n) is 7.47. The fourth-order valence-corrected chi connectivity index (χ4v) is 2.51. The lowest BCUT2D eigenvalue weighted by Gasteiger charge is -2.33. The molecule has 0 aromatic carbocycles. The maximum Gasteiger partial charge on any atom is 0.428 e. The number of carbonyl (C=O) groups is 1. The third-order valence-corrected chi connectivity index (χ3v) is 4.39. The Kier molecular flexibility index (Phi) is 5.91. The minimum absolute atomic E-state index is 0.0957. The van der Waals surface area contributed by atoms with Crippen LogP contribution < -0.4 is 0 Å². The van der Waals surface area contributed by atoms with Crippen LogP contribution in [0.3, 0.4) is 0 Å². The minimum atomic E-state index is -5.94. The van der Waals surface area contributed by atoms with Crippen molar-refractivity contribution in [1.29, 1.82) is 0 Å². The highest BCUT2D eigenvalue weighted by molar-refractivity contribution is 5.87. The van der Waals surface area contributed by atoms with Gasteiger partial charge in [-0.3, -0.25) is 0 Å². The molecule has 0 amide bonds. The zero-order valence-corrected chi connectivity index (χ0v) is 13.9. The summed E-state index contributed by atoms with van der Waals surface area (Å²) in [7, 11) is 0. The maximum absolute atomic E-state index is 12.7. The number of aliphatic hydroxyl groups is 1. The Morgan fingerprint density at radius 2 is 1.76 bits per heavy atom. The normalized spacial score (nSPS) is 25.4. The first-order chi connectivity index (χ1) is 11.1. The molecule has 25 heavy (non-hydrogen) atoms. The fourth-order valence-electron chi connectivity index (χ4n) is 2.51. The van der Waals surface area contributed by atoms with Gasteiger partial charge in [0, 0.05) is 11.5 Å². The van der Waals surface area contributed by atoms with Gasteiger partial charge >= 0.3 is 18.3 Å². The summed E-state index contributed by atoms with van der Waals surface area (Å²) in [4.78, 5) is 11.5. The van der Waals surface area contributed by atoms with E-state index in [2.05, 4.69) is 6.58 Å². The Labute approximate surface area is 140 Å². The van der Waals surface area contributed by atoms with E-state index in [9.17, 15) is 31.1 Å². The number of hydrogen-bond acceptors (Lipinski definition) is 4. The highest BCUT2D eigenvalue weighted by Crippen LogP contribution is 2.54. The van der Waals surface area contributed by atoms with Gasteiger partial charge in [-0.1, -0.05) is 13.5 Å². The summed E-state index contributed by atoms with van der Waals surface area (Å²) in [5, 5.41) is 9.14. The molecule has 3 atom stereocenters. The number of alkyl halides is 6. The molecule has 1 fully saturated rings. The lowest BCUT2D eigenvalue weighted by Crippen LogP contribution is -2.60. The Morgan fingerprint density at radius 1 is 1.28 bits per heavy atom. The van der Waals surface area contributed by atoms with Crippen LogP contribution in [-0.2, 0) is 14.3 Å². The SMILES string of the molecule is C=C(C)C(=O)OC(C)C1CC1(CC)OCC(O)(C(F)(F)F)C(F)(F)F. The van der Waals surface area contributed by atoms with Crippen LogP contribution in [0.25, 0.3) is 0 Å². The predicted molar refractivity (Wildman–Crippen MR) is 74.5 cm³/mol. The van der Waals surface area contributed by atoms with Crippen LogP contribution in [0.15, 0.2) is 12.2 Å². The molecule has 0 aromatic rings. The summed E-state index contributed by atoms with van der Waals surface area (Å²) in [5.74, 6) is -1.29. The van der Waals surface area contributed by atoms with Crippen molar-refractivity contribution >= 4 is 5.97 Å². The van der Waals surface area contributed by atoms with Crippen molar-refractivity contribution in [3.63, 3.8) is 0 Å². The molecule has 0 heterocycles. The molecule has 10 heteroatoms. The van der Waals surface area contributed by atoms with Gasteiger partial charge < -0.3 is 14.6 Å². The summed E-state index contributed by atoms with van der Waals surface area (Å²) in [5.41, 5.74) is -6.18. The summed E-state index contributed by atoms with van der Waals surface area (Å²) in [6.07, 6.45) is -12.5. The van der Waals surface area contributed by atoms with Gasteiger partial charge in [-0.15, -0.1) is 0 Å². The molecule has 146 valence electrons. The molecule has 1 aliphatic rings. The number of carbonyl (C=O) groups excluding carboxylic acids is 1. The average Bonchev–Trinajstić information content (AvgIpc) is 3.17. The largest absolute Gasteiger partial charge is 0.459 e. The molecule has 0 aromatic heterocycles. The van der Waals surface area contributed by atoms with E-state index in [0.717, 1.165) is 0 Å².